The summed E-state index contributed by atoms with van der Waals surface area (Å²) < 4.78 is 7.99. The minimum Gasteiger partial charge on any atom is -0.469 e. The zero-order valence-corrected chi connectivity index (χ0v) is 19.3. The fourth-order valence-corrected chi connectivity index (χ4v) is 4.15. The largest absolute Gasteiger partial charge is 0.469 e. The van der Waals surface area contributed by atoms with Gasteiger partial charge in [-0.25, -0.2) is 4.98 Å². The highest BCUT2D eigenvalue weighted by atomic mass is 79.9. The van der Waals surface area contributed by atoms with Gasteiger partial charge < -0.3 is 9.64 Å². The van der Waals surface area contributed by atoms with Crippen LogP contribution < -0.4 is 0 Å². The first-order valence-electron chi connectivity index (χ1n) is 10.1. The highest BCUT2D eigenvalue weighted by Gasteiger charge is 2.29. The lowest BCUT2D eigenvalue weighted by molar-refractivity contribution is -0.140. The number of nitrogens with zero attached hydrogens (tertiary/aromatic N) is 5. The number of benzene rings is 1. The smallest absolute Gasteiger partial charge is 0.305 e. The van der Waals surface area contributed by atoms with E-state index >= 15 is 0 Å². The number of pyridine rings is 1. The van der Waals surface area contributed by atoms with E-state index < -0.39 is 0 Å². The van der Waals surface area contributed by atoms with Crippen molar-refractivity contribution < 1.29 is 9.53 Å². The van der Waals surface area contributed by atoms with Gasteiger partial charge in [0.1, 0.15) is 11.9 Å². The van der Waals surface area contributed by atoms with E-state index in [4.69, 9.17) is 14.7 Å². The number of methoxy groups -OCH3 is 1. The molecule has 4 rings (SSSR count). The van der Waals surface area contributed by atoms with Crippen LogP contribution in [0.5, 0.6) is 0 Å². The van der Waals surface area contributed by atoms with Crippen LogP contribution >= 0.6 is 15.9 Å². The number of hydrogen-bond acceptors (Lipinski definition) is 6. The number of carbonyl (C=O) groups is 1. The van der Waals surface area contributed by atoms with E-state index in [0.29, 0.717) is 6.42 Å². The van der Waals surface area contributed by atoms with Crippen LogP contribution in [0.3, 0.4) is 0 Å². The molecule has 160 valence electrons. The van der Waals surface area contributed by atoms with Crippen LogP contribution in [0.25, 0.3) is 5.69 Å². The van der Waals surface area contributed by atoms with Crippen molar-refractivity contribution >= 4 is 27.6 Å². The average molecular weight is 482 g/mol. The Balaban J connectivity index is 1.93. The number of hydrogen-bond donors (Lipinski definition) is 0. The molecule has 0 bridgehead atoms. The quantitative estimate of drug-likeness (QED) is 0.498. The highest BCUT2D eigenvalue weighted by Crippen LogP contribution is 2.35. The second-order valence-corrected chi connectivity index (χ2v) is 8.58. The Hall–Kier alpha value is -2.84. The standard InChI is InChI=1S/C23H24BrN5O2/c1-28(2)14-16-13-26-23-19(8-10-21(30)31-3)27-22(18-6-4-5-11-25-18)17-12-15(24)7-9-20(17)29(16)23/h4-7,9,11-13,19H,8,10,14H2,1-3H3. The van der Waals surface area contributed by atoms with Crippen molar-refractivity contribution in [1.29, 1.82) is 0 Å². The van der Waals surface area contributed by atoms with E-state index in [1.807, 2.05) is 44.6 Å². The van der Waals surface area contributed by atoms with Gasteiger partial charge in [0.15, 0.2) is 0 Å². The third kappa shape index (κ3) is 4.45. The maximum Gasteiger partial charge on any atom is 0.305 e. The monoisotopic (exact) mass is 481 g/mol. The highest BCUT2D eigenvalue weighted by molar-refractivity contribution is 9.10. The van der Waals surface area contributed by atoms with Crippen LogP contribution in [-0.2, 0) is 16.1 Å². The number of aromatic nitrogens is 3. The van der Waals surface area contributed by atoms with Crippen molar-refractivity contribution in [3.05, 3.63) is 76.0 Å². The molecule has 0 radical (unpaired) electrons. The van der Waals surface area contributed by atoms with Gasteiger partial charge in [-0.1, -0.05) is 22.0 Å². The van der Waals surface area contributed by atoms with Crippen molar-refractivity contribution in [1.82, 2.24) is 19.4 Å². The van der Waals surface area contributed by atoms with Gasteiger partial charge in [-0.3, -0.25) is 19.3 Å². The Morgan fingerprint density at radius 3 is 2.77 bits per heavy atom. The molecule has 31 heavy (non-hydrogen) atoms. The zero-order chi connectivity index (χ0) is 22.0. The van der Waals surface area contributed by atoms with Gasteiger partial charge in [0.2, 0.25) is 0 Å². The molecule has 7 nitrogen and oxygen atoms in total. The third-order valence-electron chi connectivity index (χ3n) is 5.14. The molecular weight excluding hydrogens is 458 g/mol. The molecule has 0 saturated heterocycles. The van der Waals surface area contributed by atoms with Gasteiger partial charge in [-0.2, -0.15) is 0 Å². The van der Waals surface area contributed by atoms with Crippen LogP contribution in [0.4, 0.5) is 0 Å². The summed E-state index contributed by atoms with van der Waals surface area (Å²) in [5, 5.41) is 0. The molecular formula is C23H24BrN5O2. The molecule has 1 aliphatic rings. The van der Waals surface area contributed by atoms with Crippen molar-refractivity contribution in [3.63, 3.8) is 0 Å². The van der Waals surface area contributed by atoms with Gasteiger partial charge in [0, 0.05) is 29.2 Å². The van der Waals surface area contributed by atoms with Gasteiger partial charge in [0.25, 0.3) is 0 Å². The Morgan fingerprint density at radius 2 is 2.06 bits per heavy atom. The van der Waals surface area contributed by atoms with Gasteiger partial charge in [-0.15, -0.1) is 0 Å². The summed E-state index contributed by atoms with van der Waals surface area (Å²) in [4.78, 5) is 28.4. The minimum atomic E-state index is -0.307. The first-order valence-corrected chi connectivity index (χ1v) is 10.8. The molecule has 0 saturated carbocycles. The topological polar surface area (TPSA) is 72.6 Å². The maximum atomic E-state index is 11.9. The van der Waals surface area contributed by atoms with Crippen molar-refractivity contribution in [2.75, 3.05) is 21.2 Å². The predicted octanol–water partition coefficient (Wildman–Crippen LogP) is 3.94. The molecule has 2 aromatic heterocycles. The zero-order valence-electron chi connectivity index (χ0n) is 17.7. The van der Waals surface area contributed by atoms with Crippen LogP contribution in [0.15, 0.2) is 58.3 Å². The normalized spacial score (nSPS) is 15.1. The molecule has 1 aliphatic heterocycles. The lowest BCUT2D eigenvalue weighted by atomic mass is 10.0. The fraction of sp³-hybridized carbons (Fsp3) is 0.304. The molecule has 0 N–H and O–H groups in total. The predicted molar refractivity (Wildman–Crippen MR) is 123 cm³/mol. The number of imidazole rings is 1. The summed E-state index contributed by atoms with van der Waals surface area (Å²) in [6.07, 6.45) is 4.42. The summed E-state index contributed by atoms with van der Waals surface area (Å²) in [5.41, 5.74) is 4.59. The Kier molecular flexibility index (Phi) is 6.29. The number of rotatable bonds is 6. The Bertz CT molecular complexity index is 1120. The maximum absolute atomic E-state index is 11.9. The van der Waals surface area contributed by atoms with E-state index in [2.05, 4.69) is 42.5 Å². The van der Waals surface area contributed by atoms with E-state index in [1.165, 1.54) is 7.11 Å². The minimum absolute atomic E-state index is 0.259. The lowest BCUT2D eigenvalue weighted by Gasteiger charge is -2.17. The summed E-state index contributed by atoms with van der Waals surface area (Å²) in [6.45, 7) is 0.727. The first-order chi connectivity index (χ1) is 15.0. The first kappa shape index (κ1) is 21.4. The molecule has 3 aromatic rings. The van der Waals surface area contributed by atoms with Gasteiger partial charge in [0.05, 0.1) is 36.1 Å². The van der Waals surface area contributed by atoms with Crippen LogP contribution in [-0.4, -0.2) is 52.3 Å². The summed E-state index contributed by atoms with van der Waals surface area (Å²) in [5.74, 6) is 0.556. The summed E-state index contributed by atoms with van der Waals surface area (Å²) in [7, 11) is 5.47. The fourth-order valence-electron chi connectivity index (χ4n) is 3.79. The second-order valence-electron chi connectivity index (χ2n) is 7.67. The molecule has 1 unspecified atom stereocenters. The van der Waals surface area contributed by atoms with Gasteiger partial charge in [-0.05, 0) is 50.8 Å². The average Bonchev–Trinajstić information content (AvgIpc) is 3.10. The number of esters is 1. The summed E-state index contributed by atoms with van der Waals surface area (Å²) >= 11 is 3.61. The molecule has 0 fully saturated rings. The van der Waals surface area contributed by atoms with E-state index in [0.717, 1.165) is 45.2 Å². The van der Waals surface area contributed by atoms with E-state index in [9.17, 15) is 4.79 Å². The molecule has 8 heteroatoms. The number of carbonyl (C=O) groups excluding carboxylic acids is 1. The summed E-state index contributed by atoms with van der Waals surface area (Å²) in [6, 6.07) is 11.6. The van der Waals surface area contributed by atoms with E-state index in [1.54, 1.807) is 6.20 Å². The number of halogens is 1. The van der Waals surface area contributed by atoms with Crippen LogP contribution in [0.2, 0.25) is 0 Å². The van der Waals surface area contributed by atoms with Gasteiger partial charge >= 0.3 is 5.97 Å². The van der Waals surface area contributed by atoms with Crippen molar-refractivity contribution in [2.45, 2.75) is 25.4 Å². The molecule has 1 aromatic carbocycles. The molecule has 3 heterocycles. The molecule has 0 spiro atoms. The van der Waals surface area contributed by atoms with Crippen molar-refractivity contribution in [3.8, 4) is 5.69 Å². The molecule has 0 aliphatic carbocycles. The Morgan fingerprint density at radius 1 is 1.23 bits per heavy atom. The number of fused-ring (bicyclic) bond motifs is 3. The second kappa shape index (κ2) is 9.11. The van der Waals surface area contributed by atoms with Crippen LogP contribution in [0, 0.1) is 0 Å². The van der Waals surface area contributed by atoms with E-state index in [-0.39, 0.29) is 18.4 Å². The molecule has 1 atom stereocenters. The lowest BCUT2D eigenvalue weighted by Crippen LogP contribution is -2.16. The Labute approximate surface area is 189 Å². The number of ether oxygens (including phenoxy) is 1. The molecule has 0 amide bonds. The van der Waals surface area contributed by atoms with Crippen LogP contribution in [0.1, 0.15) is 41.7 Å². The number of aliphatic imine (C=N–C) groups is 1. The third-order valence-corrected chi connectivity index (χ3v) is 5.63. The SMILES string of the molecule is COC(=O)CCC1N=C(c2ccccn2)c2cc(Br)ccc2-n2c(CN(C)C)cnc21. The van der Waals surface area contributed by atoms with Crippen molar-refractivity contribution in [2.24, 2.45) is 4.99 Å².